The van der Waals surface area contributed by atoms with Crippen LogP contribution in [0.5, 0.6) is 11.5 Å². The Bertz CT molecular complexity index is 1040. The van der Waals surface area contributed by atoms with Crippen molar-refractivity contribution in [2.75, 3.05) is 27.8 Å². The van der Waals surface area contributed by atoms with E-state index in [1.807, 2.05) is 41.9 Å². The molecule has 0 aliphatic rings. The number of aliphatic imine (C=N–C) groups is 1. The second kappa shape index (κ2) is 10.5. The van der Waals surface area contributed by atoms with Gasteiger partial charge in [0.1, 0.15) is 11.5 Å². The van der Waals surface area contributed by atoms with Gasteiger partial charge in [-0.3, -0.25) is 4.99 Å². The summed E-state index contributed by atoms with van der Waals surface area (Å²) in [5.41, 5.74) is 5.41. The zero-order valence-corrected chi connectivity index (χ0v) is 18.9. The monoisotopic (exact) mass is 421 g/mol. The van der Waals surface area contributed by atoms with Crippen molar-refractivity contribution in [3.8, 4) is 17.2 Å². The number of rotatable bonds is 8. The van der Waals surface area contributed by atoms with Gasteiger partial charge in [-0.1, -0.05) is 18.2 Å². The molecular weight excluding hydrogens is 390 g/mol. The first-order chi connectivity index (χ1) is 15.0. The Morgan fingerprint density at radius 2 is 1.81 bits per heavy atom. The molecule has 0 amide bonds. The van der Waals surface area contributed by atoms with E-state index in [0.29, 0.717) is 13.1 Å². The van der Waals surface area contributed by atoms with Gasteiger partial charge in [-0.15, -0.1) is 0 Å². The maximum absolute atomic E-state index is 5.46. The zero-order valence-electron chi connectivity index (χ0n) is 18.9. The molecule has 0 saturated carbocycles. The molecule has 2 aromatic carbocycles. The highest BCUT2D eigenvalue weighted by atomic mass is 16.5. The predicted octanol–water partition coefficient (Wildman–Crippen LogP) is 3.41. The molecular formula is C24H31N5O2. The predicted molar refractivity (Wildman–Crippen MR) is 124 cm³/mol. The molecule has 164 valence electrons. The van der Waals surface area contributed by atoms with Crippen molar-refractivity contribution in [3.63, 3.8) is 0 Å². The van der Waals surface area contributed by atoms with E-state index in [4.69, 9.17) is 9.47 Å². The van der Waals surface area contributed by atoms with E-state index in [-0.39, 0.29) is 0 Å². The van der Waals surface area contributed by atoms with Crippen LogP contribution in [0, 0.1) is 13.8 Å². The lowest BCUT2D eigenvalue weighted by atomic mass is 10.1. The van der Waals surface area contributed by atoms with Gasteiger partial charge in [0.25, 0.3) is 0 Å². The van der Waals surface area contributed by atoms with Crippen LogP contribution < -0.4 is 20.1 Å². The van der Waals surface area contributed by atoms with Gasteiger partial charge in [0.05, 0.1) is 25.6 Å². The lowest BCUT2D eigenvalue weighted by Gasteiger charge is -2.16. The fourth-order valence-corrected chi connectivity index (χ4v) is 3.53. The molecule has 2 N–H and O–H groups in total. The van der Waals surface area contributed by atoms with Crippen LogP contribution in [0.25, 0.3) is 5.69 Å². The summed E-state index contributed by atoms with van der Waals surface area (Å²) in [5, 5.41) is 11.4. The Kier molecular flexibility index (Phi) is 7.54. The molecule has 0 atom stereocenters. The van der Waals surface area contributed by atoms with Gasteiger partial charge in [-0.2, -0.15) is 5.10 Å². The topological polar surface area (TPSA) is 72.7 Å². The molecule has 0 radical (unpaired) electrons. The molecule has 7 heteroatoms. The van der Waals surface area contributed by atoms with Crippen LogP contribution in [-0.4, -0.2) is 43.6 Å². The average molecular weight is 422 g/mol. The van der Waals surface area contributed by atoms with Gasteiger partial charge < -0.3 is 20.1 Å². The first-order valence-electron chi connectivity index (χ1n) is 10.3. The van der Waals surface area contributed by atoms with Crippen molar-refractivity contribution < 1.29 is 9.47 Å². The number of hydrogen-bond donors (Lipinski definition) is 2. The maximum Gasteiger partial charge on any atom is 0.191 e. The van der Waals surface area contributed by atoms with Crippen molar-refractivity contribution in [2.24, 2.45) is 4.99 Å². The molecule has 0 saturated heterocycles. The van der Waals surface area contributed by atoms with E-state index >= 15 is 0 Å². The standard InChI is InChI=1S/C24H31N5O2/c1-17-14-18(2)29(28-17)22-9-7-6-8-20(22)16-27-24(25-3)26-13-12-19-15-21(30-4)10-11-23(19)31-5/h6-11,14-15H,12-13,16H2,1-5H3,(H2,25,26,27). The van der Waals surface area contributed by atoms with E-state index in [9.17, 15) is 0 Å². The van der Waals surface area contributed by atoms with Gasteiger partial charge in [-0.05, 0) is 61.7 Å². The van der Waals surface area contributed by atoms with Crippen molar-refractivity contribution in [3.05, 3.63) is 71.0 Å². The van der Waals surface area contributed by atoms with Crippen molar-refractivity contribution in [2.45, 2.75) is 26.8 Å². The molecule has 3 rings (SSSR count). The summed E-state index contributed by atoms with van der Waals surface area (Å²) >= 11 is 0. The smallest absolute Gasteiger partial charge is 0.191 e. The van der Waals surface area contributed by atoms with Crippen molar-refractivity contribution in [1.82, 2.24) is 20.4 Å². The number of benzene rings is 2. The van der Waals surface area contributed by atoms with Crippen LogP contribution in [0.2, 0.25) is 0 Å². The average Bonchev–Trinajstić information content (AvgIpc) is 3.13. The van der Waals surface area contributed by atoms with Crippen LogP contribution in [-0.2, 0) is 13.0 Å². The minimum Gasteiger partial charge on any atom is -0.497 e. The third-order valence-electron chi connectivity index (χ3n) is 5.07. The molecule has 1 heterocycles. The SMILES string of the molecule is CN=C(NCCc1cc(OC)ccc1OC)NCc1ccccc1-n1nc(C)cc1C. The minimum atomic E-state index is 0.636. The van der Waals surface area contributed by atoms with Crippen LogP contribution in [0.3, 0.4) is 0 Å². The molecule has 0 aliphatic carbocycles. The molecule has 0 fully saturated rings. The third-order valence-corrected chi connectivity index (χ3v) is 5.07. The Balaban J connectivity index is 1.62. The fraction of sp³-hybridized carbons (Fsp3) is 0.333. The Morgan fingerprint density at radius 1 is 1.00 bits per heavy atom. The maximum atomic E-state index is 5.46. The van der Waals surface area contributed by atoms with Crippen LogP contribution in [0.1, 0.15) is 22.5 Å². The number of aromatic nitrogens is 2. The van der Waals surface area contributed by atoms with Gasteiger partial charge in [0.15, 0.2) is 5.96 Å². The lowest BCUT2D eigenvalue weighted by molar-refractivity contribution is 0.398. The van der Waals surface area contributed by atoms with E-state index in [2.05, 4.69) is 45.8 Å². The van der Waals surface area contributed by atoms with Crippen LogP contribution in [0.4, 0.5) is 0 Å². The normalized spacial score (nSPS) is 11.3. The summed E-state index contributed by atoms with van der Waals surface area (Å²) in [7, 11) is 5.12. The molecule has 31 heavy (non-hydrogen) atoms. The lowest BCUT2D eigenvalue weighted by Crippen LogP contribution is -2.38. The summed E-state index contributed by atoms with van der Waals surface area (Å²) in [5.74, 6) is 2.41. The highest BCUT2D eigenvalue weighted by molar-refractivity contribution is 5.79. The largest absolute Gasteiger partial charge is 0.497 e. The van der Waals surface area contributed by atoms with Gasteiger partial charge in [0, 0.05) is 25.8 Å². The first-order valence-corrected chi connectivity index (χ1v) is 10.3. The van der Waals surface area contributed by atoms with Crippen LogP contribution >= 0.6 is 0 Å². The second-order valence-corrected chi connectivity index (χ2v) is 7.25. The van der Waals surface area contributed by atoms with Crippen molar-refractivity contribution >= 4 is 5.96 Å². The zero-order chi connectivity index (χ0) is 22.2. The highest BCUT2D eigenvalue weighted by Gasteiger charge is 2.10. The number of hydrogen-bond acceptors (Lipinski definition) is 4. The molecule has 0 aliphatic heterocycles. The number of nitrogens with zero attached hydrogens (tertiary/aromatic N) is 3. The van der Waals surface area contributed by atoms with Crippen LogP contribution in [0.15, 0.2) is 53.5 Å². The van der Waals surface area contributed by atoms with Crippen molar-refractivity contribution in [1.29, 1.82) is 0 Å². The van der Waals surface area contributed by atoms with E-state index in [0.717, 1.165) is 52.1 Å². The fourth-order valence-electron chi connectivity index (χ4n) is 3.53. The third kappa shape index (κ3) is 5.57. The van der Waals surface area contributed by atoms with E-state index in [1.54, 1.807) is 21.3 Å². The molecule has 7 nitrogen and oxygen atoms in total. The number of ether oxygens (including phenoxy) is 2. The second-order valence-electron chi connectivity index (χ2n) is 7.25. The highest BCUT2D eigenvalue weighted by Crippen LogP contribution is 2.24. The first kappa shape index (κ1) is 22.2. The molecule has 3 aromatic rings. The summed E-state index contributed by atoms with van der Waals surface area (Å²) in [6.45, 7) is 5.42. The molecule has 0 spiro atoms. The molecule has 0 unspecified atom stereocenters. The number of para-hydroxylation sites is 1. The Morgan fingerprint density at radius 3 is 2.48 bits per heavy atom. The Labute approximate surface area is 184 Å². The Hall–Kier alpha value is -3.48. The number of aryl methyl sites for hydroxylation is 2. The summed E-state index contributed by atoms with van der Waals surface area (Å²) in [6, 6.07) is 16.2. The summed E-state index contributed by atoms with van der Waals surface area (Å²) < 4.78 is 12.8. The quantitative estimate of drug-likeness (QED) is 0.431. The van der Waals surface area contributed by atoms with E-state index < -0.39 is 0 Å². The number of methoxy groups -OCH3 is 2. The number of nitrogens with one attached hydrogen (secondary N) is 2. The van der Waals surface area contributed by atoms with Gasteiger partial charge >= 0.3 is 0 Å². The van der Waals surface area contributed by atoms with Gasteiger partial charge in [-0.25, -0.2) is 4.68 Å². The summed E-state index contributed by atoms with van der Waals surface area (Å²) in [4.78, 5) is 4.35. The number of guanidine groups is 1. The van der Waals surface area contributed by atoms with Gasteiger partial charge in [0.2, 0.25) is 0 Å². The minimum absolute atomic E-state index is 0.636. The molecule has 0 bridgehead atoms. The van der Waals surface area contributed by atoms with E-state index in [1.165, 1.54) is 0 Å². The summed E-state index contributed by atoms with van der Waals surface area (Å²) in [6.07, 6.45) is 0.781. The molecule has 1 aromatic heterocycles.